The number of aryl methyl sites for hydroxylation is 2. The van der Waals surface area contributed by atoms with Crippen LogP contribution in [0, 0.1) is 24.0 Å². The van der Waals surface area contributed by atoms with Gasteiger partial charge in [-0.1, -0.05) is 6.07 Å². The molecule has 1 heterocycles. The van der Waals surface area contributed by atoms with Crippen LogP contribution in [0.2, 0.25) is 0 Å². The van der Waals surface area contributed by atoms with E-state index in [1.807, 2.05) is 18.4 Å². The smallest absolute Gasteiger partial charge is 0.274 e. The van der Waals surface area contributed by atoms with Gasteiger partial charge in [-0.3, -0.25) is 10.1 Å². The summed E-state index contributed by atoms with van der Waals surface area (Å²) in [5.74, 6) is 0. The molecule has 0 fully saturated rings. The van der Waals surface area contributed by atoms with Crippen LogP contribution in [0.25, 0.3) is 0 Å². The van der Waals surface area contributed by atoms with Gasteiger partial charge in [0.25, 0.3) is 5.69 Å². The van der Waals surface area contributed by atoms with Gasteiger partial charge in [0.1, 0.15) is 0 Å². The monoisotopic (exact) mass is 277 g/mol. The van der Waals surface area contributed by atoms with Gasteiger partial charge in [-0.2, -0.15) is 0 Å². The van der Waals surface area contributed by atoms with Crippen molar-refractivity contribution in [2.75, 3.05) is 11.9 Å². The molecule has 0 saturated heterocycles. The minimum absolute atomic E-state index is 0.148. The van der Waals surface area contributed by atoms with Gasteiger partial charge >= 0.3 is 0 Å². The SMILES string of the molecule is Cc1nc(CCNc2ccc(C)c([N+](=O)[O-])c2)cs1. The van der Waals surface area contributed by atoms with Crippen LogP contribution in [-0.4, -0.2) is 16.5 Å². The lowest BCUT2D eigenvalue weighted by molar-refractivity contribution is -0.385. The van der Waals surface area contributed by atoms with E-state index >= 15 is 0 Å². The number of nitrogens with zero attached hydrogens (tertiary/aromatic N) is 2. The Morgan fingerprint density at radius 1 is 1.42 bits per heavy atom. The Kier molecular flexibility index (Phi) is 4.11. The molecule has 0 spiro atoms. The number of hydrogen-bond donors (Lipinski definition) is 1. The van der Waals surface area contributed by atoms with E-state index in [1.165, 1.54) is 0 Å². The van der Waals surface area contributed by atoms with Gasteiger partial charge in [-0.05, 0) is 19.9 Å². The molecule has 1 aromatic carbocycles. The van der Waals surface area contributed by atoms with Gasteiger partial charge < -0.3 is 5.32 Å². The first-order valence-corrected chi connectivity index (χ1v) is 6.84. The molecule has 0 unspecified atom stereocenters. The summed E-state index contributed by atoms with van der Waals surface area (Å²) in [4.78, 5) is 14.9. The number of aromatic nitrogens is 1. The Labute approximate surface area is 115 Å². The summed E-state index contributed by atoms with van der Waals surface area (Å²) in [6.07, 6.45) is 0.812. The molecule has 0 aliphatic carbocycles. The van der Waals surface area contributed by atoms with Gasteiger partial charge in [0, 0.05) is 35.7 Å². The molecule has 2 rings (SSSR count). The molecule has 0 bridgehead atoms. The maximum atomic E-state index is 10.8. The van der Waals surface area contributed by atoms with Crippen LogP contribution < -0.4 is 5.32 Å². The minimum atomic E-state index is -0.357. The van der Waals surface area contributed by atoms with Crippen LogP contribution in [0.3, 0.4) is 0 Å². The van der Waals surface area contributed by atoms with Crippen LogP contribution in [-0.2, 0) is 6.42 Å². The summed E-state index contributed by atoms with van der Waals surface area (Å²) in [6.45, 7) is 4.42. The second kappa shape index (κ2) is 5.79. The summed E-state index contributed by atoms with van der Waals surface area (Å²) in [5.41, 5.74) is 2.64. The minimum Gasteiger partial charge on any atom is -0.384 e. The van der Waals surface area contributed by atoms with Crippen molar-refractivity contribution in [3.63, 3.8) is 0 Å². The molecule has 5 nitrogen and oxygen atoms in total. The lowest BCUT2D eigenvalue weighted by Gasteiger charge is -2.06. The van der Waals surface area contributed by atoms with E-state index in [-0.39, 0.29) is 10.6 Å². The lowest BCUT2D eigenvalue weighted by atomic mass is 10.2. The standard InChI is InChI=1S/C13H15N3O2S/c1-9-3-4-11(7-13(9)16(17)18)14-6-5-12-8-19-10(2)15-12/h3-4,7-8,14H,5-6H2,1-2H3. The summed E-state index contributed by atoms with van der Waals surface area (Å²) < 4.78 is 0. The van der Waals surface area contributed by atoms with Crippen LogP contribution in [0.4, 0.5) is 11.4 Å². The van der Waals surface area contributed by atoms with Gasteiger partial charge in [-0.15, -0.1) is 11.3 Å². The molecule has 0 aliphatic heterocycles. The lowest BCUT2D eigenvalue weighted by Crippen LogP contribution is -2.05. The van der Waals surface area contributed by atoms with Gasteiger partial charge in [0.2, 0.25) is 0 Å². The summed E-state index contributed by atoms with van der Waals surface area (Å²) >= 11 is 1.63. The van der Waals surface area contributed by atoms with Crippen molar-refractivity contribution in [1.82, 2.24) is 4.98 Å². The van der Waals surface area contributed by atoms with Crippen molar-refractivity contribution < 1.29 is 4.92 Å². The summed E-state index contributed by atoms with van der Waals surface area (Å²) in [7, 11) is 0. The Hall–Kier alpha value is -1.95. The number of nitro groups is 1. The first kappa shape index (κ1) is 13.5. The highest BCUT2D eigenvalue weighted by atomic mass is 32.1. The summed E-state index contributed by atoms with van der Waals surface area (Å²) in [6, 6.07) is 5.18. The third-order valence-corrected chi connectivity index (χ3v) is 3.60. The van der Waals surface area contributed by atoms with Crippen molar-refractivity contribution in [3.05, 3.63) is 50.0 Å². The quantitative estimate of drug-likeness (QED) is 0.672. The number of benzene rings is 1. The highest BCUT2D eigenvalue weighted by Gasteiger charge is 2.10. The van der Waals surface area contributed by atoms with E-state index in [2.05, 4.69) is 10.3 Å². The van der Waals surface area contributed by atoms with Gasteiger partial charge in [-0.25, -0.2) is 4.98 Å². The number of nitrogens with one attached hydrogen (secondary N) is 1. The molecule has 0 amide bonds. The zero-order valence-corrected chi connectivity index (χ0v) is 11.7. The second-order valence-corrected chi connectivity index (χ2v) is 5.36. The van der Waals surface area contributed by atoms with Crippen molar-refractivity contribution in [1.29, 1.82) is 0 Å². The van der Waals surface area contributed by atoms with E-state index in [0.29, 0.717) is 12.1 Å². The Balaban J connectivity index is 1.96. The zero-order valence-electron chi connectivity index (χ0n) is 10.8. The molecule has 100 valence electrons. The fraction of sp³-hybridized carbons (Fsp3) is 0.308. The molecule has 0 saturated carbocycles. The molecular formula is C13H15N3O2S. The largest absolute Gasteiger partial charge is 0.384 e. The predicted octanol–water partition coefficient (Wildman–Crippen LogP) is 3.32. The van der Waals surface area contributed by atoms with Crippen LogP contribution >= 0.6 is 11.3 Å². The molecular weight excluding hydrogens is 262 g/mol. The van der Waals surface area contributed by atoms with E-state index < -0.39 is 0 Å². The molecule has 0 atom stereocenters. The van der Waals surface area contributed by atoms with Crippen LogP contribution in [0.1, 0.15) is 16.3 Å². The number of anilines is 1. The Morgan fingerprint density at radius 3 is 2.84 bits per heavy atom. The third kappa shape index (κ3) is 3.51. The van der Waals surface area contributed by atoms with Crippen molar-refractivity contribution in [3.8, 4) is 0 Å². The van der Waals surface area contributed by atoms with E-state index in [1.54, 1.807) is 30.4 Å². The average molecular weight is 277 g/mol. The third-order valence-electron chi connectivity index (χ3n) is 2.78. The molecule has 19 heavy (non-hydrogen) atoms. The van der Waals surface area contributed by atoms with E-state index in [4.69, 9.17) is 0 Å². The number of hydrogen-bond acceptors (Lipinski definition) is 5. The molecule has 1 aromatic heterocycles. The number of rotatable bonds is 5. The maximum absolute atomic E-state index is 10.8. The second-order valence-electron chi connectivity index (χ2n) is 4.29. The molecule has 0 radical (unpaired) electrons. The van der Waals surface area contributed by atoms with E-state index in [0.717, 1.165) is 22.8 Å². The average Bonchev–Trinajstić information content (AvgIpc) is 2.77. The fourth-order valence-electron chi connectivity index (χ4n) is 1.77. The van der Waals surface area contributed by atoms with E-state index in [9.17, 15) is 10.1 Å². The Morgan fingerprint density at radius 2 is 2.21 bits per heavy atom. The normalized spacial score (nSPS) is 10.4. The molecule has 1 N–H and O–H groups in total. The van der Waals surface area contributed by atoms with Gasteiger partial charge in [0.05, 0.1) is 15.6 Å². The van der Waals surface area contributed by atoms with Crippen molar-refractivity contribution in [2.24, 2.45) is 0 Å². The van der Waals surface area contributed by atoms with Crippen LogP contribution in [0.5, 0.6) is 0 Å². The number of thiazole rings is 1. The topological polar surface area (TPSA) is 68.1 Å². The highest BCUT2D eigenvalue weighted by Crippen LogP contribution is 2.22. The molecule has 0 aliphatic rings. The number of nitro benzene ring substituents is 1. The molecule has 2 aromatic rings. The fourth-order valence-corrected chi connectivity index (χ4v) is 2.42. The maximum Gasteiger partial charge on any atom is 0.274 e. The van der Waals surface area contributed by atoms with Crippen LogP contribution in [0.15, 0.2) is 23.6 Å². The predicted molar refractivity (Wildman–Crippen MR) is 76.9 cm³/mol. The van der Waals surface area contributed by atoms with Crippen molar-refractivity contribution >= 4 is 22.7 Å². The molecule has 6 heteroatoms. The van der Waals surface area contributed by atoms with Crippen molar-refractivity contribution in [2.45, 2.75) is 20.3 Å². The zero-order chi connectivity index (χ0) is 13.8. The van der Waals surface area contributed by atoms with Gasteiger partial charge in [0.15, 0.2) is 0 Å². The summed E-state index contributed by atoms with van der Waals surface area (Å²) in [5, 5.41) is 17.1. The highest BCUT2D eigenvalue weighted by molar-refractivity contribution is 7.09. The first-order valence-electron chi connectivity index (χ1n) is 5.96. The first-order chi connectivity index (χ1) is 9.06. The Bertz CT molecular complexity index is 595.